The fourth-order valence-corrected chi connectivity index (χ4v) is 1.56. The van der Waals surface area contributed by atoms with Crippen LogP contribution in [0.2, 0.25) is 0 Å². The molecule has 15 heavy (non-hydrogen) atoms. The van der Waals surface area contributed by atoms with E-state index in [1.807, 2.05) is 0 Å². The van der Waals surface area contributed by atoms with Gasteiger partial charge in [-0.25, -0.2) is 4.39 Å². The van der Waals surface area contributed by atoms with Crippen LogP contribution in [0.15, 0.2) is 18.2 Å². The molecular formula is C11H12FNO2. The van der Waals surface area contributed by atoms with Crippen molar-refractivity contribution in [3.05, 3.63) is 35.1 Å². The van der Waals surface area contributed by atoms with Crippen LogP contribution >= 0.6 is 0 Å². The van der Waals surface area contributed by atoms with E-state index in [4.69, 9.17) is 4.84 Å². The van der Waals surface area contributed by atoms with Crippen LogP contribution in [0.3, 0.4) is 0 Å². The van der Waals surface area contributed by atoms with E-state index in [2.05, 4.69) is 5.48 Å². The number of rotatable bonds is 0. The molecule has 0 bridgehead atoms. The monoisotopic (exact) mass is 209 g/mol. The third-order valence-electron chi connectivity index (χ3n) is 2.44. The number of nitrogens with one attached hydrogen (secondary N) is 1. The summed E-state index contributed by atoms with van der Waals surface area (Å²) in [5.41, 5.74) is 2.95. The van der Waals surface area contributed by atoms with Crippen LogP contribution in [0, 0.1) is 5.82 Å². The summed E-state index contributed by atoms with van der Waals surface area (Å²) in [6, 6.07) is 4.16. The Labute approximate surface area is 87.2 Å². The van der Waals surface area contributed by atoms with Gasteiger partial charge in [0.15, 0.2) is 5.78 Å². The topological polar surface area (TPSA) is 38.3 Å². The van der Waals surface area contributed by atoms with Gasteiger partial charge in [0.1, 0.15) is 11.4 Å². The summed E-state index contributed by atoms with van der Waals surface area (Å²) in [5, 5.41) is 0. The average Bonchev–Trinajstić information content (AvgIpc) is 2.27. The molecule has 1 aromatic carbocycles. The normalized spacial score (nSPS) is 19.5. The van der Waals surface area contributed by atoms with E-state index in [1.54, 1.807) is 19.9 Å². The van der Waals surface area contributed by atoms with Crippen LogP contribution in [-0.2, 0) is 11.4 Å². The highest BCUT2D eigenvalue weighted by molar-refractivity contribution is 6.03. The first-order valence-corrected chi connectivity index (χ1v) is 4.73. The van der Waals surface area contributed by atoms with Crippen molar-refractivity contribution in [1.82, 2.24) is 5.48 Å². The second kappa shape index (κ2) is 3.40. The number of carbonyl (C=O) groups excluding carboxylic acids is 1. The number of hydrogen-bond donors (Lipinski definition) is 1. The third kappa shape index (κ3) is 1.78. The lowest BCUT2D eigenvalue weighted by molar-refractivity contribution is -0.0109. The Morgan fingerprint density at radius 3 is 2.93 bits per heavy atom. The maximum absolute atomic E-state index is 13.0. The van der Waals surface area contributed by atoms with Gasteiger partial charge in [-0.05, 0) is 31.5 Å². The fourth-order valence-electron chi connectivity index (χ4n) is 1.56. The van der Waals surface area contributed by atoms with Gasteiger partial charge in [-0.3, -0.25) is 9.63 Å². The number of carbonyl (C=O) groups is 1. The molecule has 0 saturated heterocycles. The van der Waals surface area contributed by atoms with E-state index >= 15 is 0 Å². The summed E-state index contributed by atoms with van der Waals surface area (Å²) in [7, 11) is 0. The molecule has 1 aliphatic rings. The Bertz CT molecular complexity index is 415. The highest BCUT2D eigenvalue weighted by Gasteiger charge is 2.33. The van der Waals surface area contributed by atoms with E-state index in [9.17, 15) is 9.18 Å². The van der Waals surface area contributed by atoms with Crippen LogP contribution < -0.4 is 5.48 Å². The maximum atomic E-state index is 13.0. The van der Waals surface area contributed by atoms with E-state index in [1.165, 1.54) is 12.1 Å². The molecule has 1 N–H and O–H groups in total. The lowest BCUT2D eigenvalue weighted by Crippen LogP contribution is -2.45. The number of Topliss-reactive ketones (excluding diaryl/α,β-unsaturated/α-hetero) is 1. The number of ketones is 1. The Kier molecular flexibility index (Phi) is 2.32. The zero-order chi connectivity index (χ0) is 11.1. The molecule has 1 aromatic rings. The Hall–Kier alpha value is -1.26. The summed E-state index contributed by atoms with van der Waals surface area (Å²) in [5.74, 6) is -0.561. The van der Waals surface area contributed by atoms with E-state index in [-0.39, 0.29) is 12.4 Å². The van der Waals surface area contributed by atoms with Crippen LogP contribution in [0.1, 0.15) is 29.8 Å². The maximum Gasteiger partial charge on any atom is 0.185 e. The number of halogens is 1. The van der Waals surface area contributed by atoms with Crippen molar-refractivity contribution in [3.8, 4) is 0 Å². The van der Waals surface area contributed by atoms with Crippen LogP contribution in [0.5, 0.6) is 0 Å². The Balaban J connectivity index is 2.54. The molecule has 4 heteroatoms. The summed E-state index contributed by atoms with van der Waals surface area (Å²) in [6.45, 7) is 3.68. The molecule has 1 heterocycles. The molecule has 0 atom stereocenters. The van der Waals surface area contributed by atoms with E-state index in [0.29, 0.717) is 11.1 Å². The minimum absolute atomic E-state index is 0.158. The van der Waals surface area contributed by atoms with Gasteiger partial charge >= 0.3 is 0 Å². The number of benzene rings is 1. The minimum Gasteiger partial charge on any atom is -0.296 e. The molecular weight excluding hydrogens is 197 g/mol. The highest BCUT2D eigenvalue weighted by atomic mass is 19.1. The Morgan fingerprint density at radius 2 is 2.20 bits per heavy atom. The molecule has 0 fully saturated rings. The fraction of sp³-hybridized carbons (Fsp3) is 0.364. The molecule has 0 radical (unpaired) electrons. The van der Waals surface area contributed by atoms with Crippen molar-refractivity contribution in [2.24, 2.45) is 0 Å². The molecule has 2 rings (SSSR count). The first kappa shape index (κ1) is 10.3. The molecule has 0 unspecified atom stereocenters. The first-order chi connectivity index (χ1) is 7.00. The molecule has 1 aliphatic heterocycles. The molecule has 0 spiro atoms. The van der Waals surface area contributed by atoms with Crippen molar-refractivity contribution in [2.45, 2.75) is 26.0 Å². The van der Waals surface area contributed by atoms with Gasteiger partial charge in [-0.2, -0.15) is 5.48 Å². The molecule has 0 aromatic heterocycles. The summed E-state index contributed by atoms with van der Waals surface area (Å²) in [6.07, 6.45) is 0. The quantitative estimate of drug-likeness (QED) is 0.708. The second-order valence-corrected chi connectivity index (χ2v) is 4.15. The van der Waals surface area contributed by atoms with E-state index < -0.39 is 11.4 Å². The SMILES string of the molecule is CC1(C)NOCc2ccc(F)cc2C1=O. The first-order valence-electron chi connectivity index (χ1n) is 4.73. The third-order valence-corrected chi connectivity index (χ3v) is 2.44. The second-order valence-electron chi connectivity index (χ2n) is 4.15. The van der Waals surface area contributed by atoms with Crippen molar-refractivity contribution < 1.29 is 14.0 Å². The standard InChI is InChI=1S/C11H12FNO2/c1-11(2)10(14)9-5-8(12)4-3-7(9)6-15-13-11/h3-5,13H,6H2,1-2H3. The lowest BCUT2D eigenvalue weighted by atomic mass is 9.92. The predicted molar refractivity (Wildman–Crippen MR) is 52.7 cm³/mol. The van der Waals surface area contributed by atoms with Crippen molar-refractivity contribution >= 4 is 5.78 Å². The van der Waals surface area contributed by atoms with Gasteiger partial charge in [0.25, 0.3) is 0 Å². The predicted octanol–water partition coefficient (Wildman–Crippen LogP) is 1.82. The summed E-state index contributed by atoms with van der Waals surface area (Å²) < 4.78 is 13.0. The van der Waals surface area contributed by atoms with Gasteiger partial charge in [0, 0.05) is 5.56 Å². The van der Waals surface area contributed by atoms with Gasteiger partial charge in [0.2, 0.25) is 0 Å². The van der Waals surface area contributed by atoms with Crippen molar-refractivity contribution in [2.75, 3.05) is 0 Å². The van der Waals surface area contributed by atoms with Gasteiger partial charge in [-0.15, -0.1) is 0 Å². The summed E-state index contributed by atoms with van der Waals surface area (Å²) in [4.78, 5) is 17.2. The smallest absolute Gasteiger partial charge is 0.185 e. The number of hydrogen-bond acceptors (Lipinski definition) is 3. The van der Waals surface area contributed by atoms with Crippen LogP contribution in [0.25, 0.3) is 0 Å². The molecule has 3 nitrogen and oxygen atoms in total. The lowest BCUT2D eigenvalue weighted by Gasteiger charge is -2.20. The average molecular weight is 209 g/mol. The Morgan fingerprint density at radius 1 is 1.47 bits per heavy atom. The van der Waals surface area contributed by atoms with Gasteiger partial charge in [0.05, 0.1) is 6.61 Å². The molecule has 0 saturated carbocycles. The molecule has 0 aliphatic carbocycles. The highest BCUT2D eigenvalue weighted by Crippen LogP contribution is 2.22. The van der Waals surface area contributed by atoms with Crippen LogP contribution in [-0.4, -0.2) is 11.3 Å². The van der Waals surface area contributed by atoms with Gasteiger partial charge in [-0.1, -0.05) is 6.07 Å². The zero-order valence-corrected chi connectivity index (χ0v) is 8.63. The zero-order valence-electron chi connectivity index (χ0n) is 8.63. The van der Waals surface area contributed by atoms with Gasteiger partial charge < -0.3 is 0 Å². The molecule has 0 amide bonds. The van der Waals surface area contributed by atoms with Crippen molar-refractivity contribution in [3.63, 3.8) is 0 Å². The summed E-state index contributed by atoms with van der Waals surface area (Å²) >= 11 is 0. The van der Waals surface area contributed by atoms with E-state index in [0.717, 1.165) is 0 Å². The molecule has 80 valence electrons. The number of hydroxylamine groups is 1. The van der Waals surface area contributed by atoms with Crippen LogP contribution in [0.4, 0.5) is 4.39 Å². The van der Waals surface area contributed by atoms with Crippen molar-refractivity contribution in [1.29, 1.82) is 0 Å². The minimum atomic E-state index is -0.820. The largest absolute Gasteiger partial charge is 0.296 e. The number of fused-ring (bicyclic) bond motifs is 1.